The van der Waals surface area contributed by atoms with Gasteiger partial charge >= 0.3 is 5.63 Å². The zero-order chi connectivity index (χ0) is 11.6. The lowest BCUT2D eigenvalue weighted by Crippen LogP contribution is -2.15. The van der Waals surface area contributed by atoms with E-state index in [4.69, 9.17) is 4.42 Å². The molecule has 84 valence electrons. The summed E-state index contributed by atoms with van der Waals surface area (Å²) in [5, 5.41) is 18.9. The highest BCUT2D eigenvalue weighted by Crippen LogP contribution is 2.23. The van der Waals surface area contributed by atoms with Crippen LogP contribution in [-0.4, -0.2) is 16.3 Å². The Labute approximate surface area is 88.2 Å². The number of hydrogen-bond acceptors (Lipinski definition) is 4. The van der Waals surface area contributed by atoms with Gasteiger partial charge < -0.3 is 14.6 Å². The van der Waals surface area contributed by atoms with Crippen molar-refractivity contribution in [1.82, 2.24) is 0 Å². The van der Waals surface area contributed by atoms with E-state index in [1.807, 2.05) is 0 Å². The lowest BCUT2D eigenvalue weighted by Gasteiger charge is -2.13. The smallest absolute Gasteiger partial charge is 0.342 e. The second-order valence-electron chi connectivity index (χ2n) is 3.68. The minimum Gasteiger partial charge on any atom is -0.507 e. The zero-order valence-corrected chi connectivity index (χ0v) is 9.15. The Bertz CT molecular complexity index is 392. The molecule has 1 heterocycles. The van der Waals surface area contributed by atoms with E-state index < -0.39 is 11.7 Å². The Morgan fingerprint density at radius 2 is 2.07 bits per heavy atom. The Morgan fingerprint density at radius 1 is 1.47 bits per heavy atom. The van der Waals surface area contributed by atoms with Crippen molar-refractivity contribution in [1.29, 1.82) is 0 Å². The molecule has 0 saturated heterocycles. The van der Waals surface area contributed by atoms with Crippen molar-refractivity contribution in [3.63, 3.8) is 0 Å². The van der Waals surface area contributed by atoms with Gasteiger partial charge in [-0.3, -0.25) is 0 Å². The fourth-order valence-electron chi connectivity index (χ4n) is 1.31. The van der Waals surface area contributed by atoms with Crippen LogP contribution in [0.4, 0.5) is 0 Å². The molecule has 0 fully saturated rings. The number of aliphatic hydroxyl groups excluding tert-OH is 1. The van der Waals surface area contributed by atoms with Crippen LogP contribution in [0.1, 0.15) is 38.0 Å². The molecular weight excluding hydrogens is 196 g/mol. The predicted molar refractivity (Wildman–Crippen MR) is 56.1 cm³/mol. The first-order valence-corrected chi connectivity index (χ1v) is 5.01. The van der Waals surface area contributed by atoms with Crippen molar-refractivity contribution >= 4 is 0 Å². The second-order valence-corrected chi connectivity index (χ2v) is 3.68. The normalized spacial score (nSPS) is 14.9. The summed E-state index contributed by atoms with van der Waals surface area (Å²) in [6, 6.07) is 1.40. The first-order valence-electron chi connectivity index (χ1n) is 5.01. The van der Waals surface area contributed by atoms with E-state index in [9.17, 15) is 15.0 Å². The molecule has 0 radical (unpaired) electrons. The third kappa shape index (κ3) is 2.39. The van der Waals surface area contributed by atoms with E-state index in [0.29, 0.717) is 12.2 Å². The quantitative estimate of drug-likeness (QED) is 0.794. The van der Waals surface area contributed by atoms with E-state index in [1.165, 1.54) is 6.07 Å². The lowest BCUT2D eigenvalue weighted by molar-refractivity contribution is 0.156. The molecule has 0 amide bonds. The van der Waals surface area contributed by atoms with Gasteiger partial charge in [0.2, 0.25) is 0 Å². The molecule has 1 unspecified atom stereocenters. The fraction of sp³-hybridized carbons (Fsp3) is 0.545. The number of hydrogen-bond donors (Lipinski definition) is 2. The second kappa shape index (κ2) is 4.49. The average Bonchev–Trinajstić information content (AvgIpc) is 2.15. The number of aliphatic hydroxyl groups is 1. The van der Waals surface area contributed by atoms with Gasteiger partial charge in [-0.2, -0.15) is 0 Å². The van der Waals surface area contributed by atoms with Gasteiger partial charge in [-0.15, -0.1) is 0 Å². The van der Waals surface area contributed by atoms with Crippen molar-refractivity contribution in [2.24, 2.45) is 0 Å². The van der Waals surface area contributed by atoms with Gasteiger partial charge in [-0.1, -0.05) is 13.8 Å². The highest BCUT2D eigenvalue weighted by molar-refractivity contribution is 5.31. The van der Waals surface area contributed by atoms with Crippen molar-refractivity contribution in [2.75, 3.05) is 0 Å². The molecule has 0 aliphatic heterocycles. The number of rotatable bonds is 3. The third-order valence-electron chi connectivity index (χ3n) is 2.57. The molecule has 4 heteroatoms. The van der Waals surface area contributed by atoms with Gasteiger partial charge in [0, 0.05) is 12.0 Å². The van der Waals surface area contributed by atoms with Crippen LogP contribution >= 0.6 is 0 Å². The van der Waals surface area contributed by atoms with Crippen LogP contribution in [0.5, 0.6) is 5.75 Å². The largest absolute Gasteiger partial charge is 0.507 e. The molecule has 2 N–H and O–H groups in total. The van der Waals surface area contributed by atoms with Gasteiger partial charge in [0.25, 0.3) is 0 Å². The maximum atomic E-state index is 11.4. The summed E-state index contributed by atoms with van der Waals surface area (Å²) in [4.78, 5) is 11.4. The van der Waals surface area contributed by atoms with E-state index in [-0.39, 0.29) is 17.2 Å². The summed E-state index contributed by atoms with van der Waals surface area (Å²) in [5.41, 5.74) is -0.253. The molecule has 0 bridgehead atoms. The van der Waals surface area contributed by atoms with Crippen LogP contribution in [0.15, 0.2) is 15.3 Å². The van der Waals surface area contributed by atoms with Crippen LogP contribution in [-0.2, 0) is 6.42 Å². The Balaban J connectivity index is 3.20. The van der Waals surface area contributed by atoms with Gasteiger partial charge in [0.1, 0.15) is 11.5 Å². The molecule has 0 aliphatic carbocycles. The first-order chi connectivity index (χ1) is 6.97. The van der Waals surface area contributed by atoms with Crippen molar-refractivity contribution < 1.29 is 14.6 Å². The molecule has 1 rings (SSSR count). The number of aromatic hydroxyl groups is 1. The Morgan fingerprint density at radius 3 is 2.47 bits per heavy atom. The predicted octanol–water partition coefficient (Wildman–Crippen LogP) is 1.39. The average molecular weight is 212 g/mol. The molecule has 1 aromatic heterocycles. The Hall–Kier alpha value is -1.29. The summed E-state index contributed by atoms with van der Waals surface area (Å²) in [6.07, 6.45) is -0.197. The van der Waals surface area contributed by atoms with Crippen molar-refractivity contribution in [2.45, 2.75) is 39.2 Å². The van der Waals surface area contributed by atoms with E-state index in [0.717, 1.165) is 0 Å². The molecular formula is C11H16O4. The summed E-state index contributed by atoms with van der Waals surface area (Å²) in [6.45, 7) is 5.10. The van der Waals surface area contributed by atoms with E-state index in [1.54, 1.807) is 20.8 Å². The van der Waals surface area contributed by atoms with E-state index >= 15 is 0 Å². The minimum atomic E-state index is -0.625. The summed E-state index contributed by atoms with van der Waals surface area (Å²) < 4.78 is 5.03. The zero-order valence-electron chi connectivity index (χ0n) is 9.15. The molecule has 2 atom stereocenters. The molecule has 15 heavy (non-hydrogen) atoms. The maximum absolute atomic E-state index is 11.4. The topological polar surface area (TPSA) is 70.7 Å². The third-order valence-corrected chi connectivity index (χ3v) is 2.57. The van der Waals surface area contributed by atoms with Crippen molar-refractivity contribution in [3.05, 3.63) is 27.8 Å². The van der Waals surface area contributed by atoms with Crippen LogP contribution in [0.3, 0.4) is 0 Å². The fourth-order valence-corrected chi connectivity index (χ4v) is 1.31. The monoisotopic (exact) mass is 212 g/mol. The minimum absolute atomic E-state index is 0.0590. The van der Waals surface area contributed by atoms with Crippen LogP contribution < -0.4 is 5.63 Å². The molecule has 0 aromatic carbocycles. The highest BCUT2D eigenvalue weighted by atomic mass is 16.4. The summed E-state index contributed by atoms with van der Waals surface area (Å²) in [5.74, 6) is -0.0598. The molecule has 4 nitrogen and oxygen atoms in total. The van der Waals surface area contributed by atoms with Gasteiger partial charge in [0.05, 0.1) is 11.7 Å². The maximum Gasteiger partial charge on any atom is 0.342 e. The molecule has 0 aliphatic rings. The van der Waals surface area contributed by atoms with Crippen LogP contribution in [0.25, 0.3) is 0 Å². The summed E-state index contributed by atoms with van der Waals surface area (Å²) >= 11 is 0. The van der Waals surface area contributed by atoms with E-state index in [2.05, 4.69) is 0 Å². The SMILES string of the molecule is CCc1c(O)cc([C@@H](C)C(C)O)oc1=O. The van der Waals surface area contributed by atoms with Gasteiger partial charge in [-0.05, 0) is 13.3 Å². The molecule has 0 saturated carbocycles. The standard InChI is InChI=1S/C11H16O4/c1-4-8-9(13)5-10(15-11(8)14)6(2)7(3)12/h5-7,12-13H,4H2,1-3H3/t6-,7?/m0/s1. The van der Waals surface area contributed by atoms with Crippen molar-refractivity contribution in [3.8, 4) is 5.75 Å². The molecule has 1 aromatic rings. The molecule has 0 spiro atoms. The first kappa shape index (κ1) is 11.8. The Kier molecular flexibility index (Phi) is 3.52. The van der Waals surface area contributed by atoms with Crippen LogP contribution in [0.2, 0.25) is 0 Å². The highest BCUT2D eigenvalue weighted by Gasteiger charge is 2.17. The van der Waals surface area contributed by atoms with Crippen LogP contribution in [0, 0.1) is 0 Å². The van der Waals surface area contributed by atoms with Gasteiger partial charge in [0.15, 0.2) is 0 Å². The lowest BCUT2D eigenvalue weighted by atomic mass is 10.0. The summed E-state index contributed by atoms with van der Waals surface area (Å²) in [7, 11) is 0. The van der Waals surface area contributed by atoms with Gasteiger partial charge in [-0.25, -0.2) is 4.79 Å².